The molecule has 40 heavy (non-hydrogen) atoms. The summed E-state index contributed by atoms with van der Waals surface area (Å²) in [5.41, 5.74) is 5.23. The number of hydrogen-bond donors (Lipinski definition) is 2. The number of primary amides is 1. The number of nitrogens with two attached hydrogens (primary N) is 1. The third kappa shape index (κ3) is 5.51. The standard InChI is InChI=1S/C25H29F4N7O4/c1-23(26,27)13-31-22(38)25(6-7-39-12-17(25)14-2-4-24(28,29)5-3-14)15-8-19-33-16(11-36(19)32-10-15)9-18-20(21(30)37)35-40-34-18/h8,10-11,14,17H,2-7,9,12-13H2,1H3,(H2,30,37)(H,31,38). The van der Waals surface area contributed by atoms with Crippen LogP contribution >= 0.6 is 0 Å². The normalized spacial score (nSPS) is 23.8. The summed E-state index contributed by atoms with van der Waals surface area (Å²) in [6.07, 6.45) is 3.01. The number of carbonyl (C=O) groups excluding carboxylic acids is 2. The Hall–Kier alpha value is -3.62. The van der Waals surface area contributed by atoms with Gasteiger partial charge in [0.25, 0.3) is 11.8 Å². The predicted octanol–water partition coefficient (Wildman–Crippen LogP) is 2.67. The Morgan fingerprint density at radius 1 is 1.23 bits per heavy atom. The highest BCUT2D eigenvalue weighted by atomic mass is 19.3. The van der Waals surface area contributed by atoms with Crippen LogP contribution in [0, 0.1) is 11.8 Å². The summed E-state index contributed by atoms with van der Waals surface area (Å²) in [5.74, 6) is -8.19. The third-order valence-electron chi connectivity index (χ3n) is 7.89. The van der Waals surface area contributed by atoms with E-state index in [4.69, 9.17) is 10.5 Å². The Balaban J connectivity index is 1.52. The summed E-state index contributed by atoms with van der Waals surface area (Å²) in [6, 6.07) is 1.64. The second-order valence-electron chi connectivity index (χ2n) is 10.7. The molecule has 15 heteroatoms. The van der Waals surface area contributed by atoms with Gasteiger partial charge in [-0.1, -0.05) is 5.16 Å². The van der Waals surface area contributed by atoms with Crippen LogP contribution in [-0.4, -0.2) is 68.3 Å². The van der Waals surface area contributed by atoms with Crippen molar-refractivity contribution in [3.8, 4) is 0 Å². The molecule has 2 unspecified atom stereocenters. The van der Waals surface area contributed by atoms with E-state index in [1.54, 1.807) is 12.3 Å². The quantitative estimate of drug-likeness (QED) is 0.395. The summed E-state index contributed by atoms with van der Waals surface area (Å²) >= 11 is 0. The zero-order valence-electron chi connectivity index (χ0n) is 21.7. The molecule has 2 aliphatic rings. The molecule has 4 heterocycles. The van der Waals surface area contributed by atoms with Crippen LogP contribution in [0.1, 0.15) is 66.5 Å². The number of hydrogen-bond acceptors (Lipinski definition) is 8. The lowest BCUT2D eigenvalue weighted by molar-refractivity contribution is -0.141. The van der Waals surface area contributed by atoms with Crippen molar-refractivity contribution in [2.75, 3.05) is 19.8 Å². The van der Waals surface area contributed by atoms with E-state index in [0.717, 1.165) is 0 Å². The van der Waals surface area contributed by atoms with Gasteiger partial charge in [-0.05, 0) is 42.0 Å². The Morgan fingerprint density at radius 2 is 1.98 bits per heavy atom. The van der Waals surface area contributed by atoms with Crippen LogP contribution in [0.5, 0.6) is 0 Å². The first kappa shape index (κ1) is 27.9. The van der Waals surface area contributed by atoms with Gasteiger partial charge in [0.2, 0.25) is 11.8 Å². The molecule has 5 rings (SSSR count). The molecule has 3 aromatic rings. The van der Waals surface area contributed by atoms with Crippen LogP contribution in [0.2, 0.25) is 0 Å². The van der Waals surface area contributed by atoms with Crippen molar-refractivity contribution in [1.29, 1.82) is 0 Å². The maximum Gasteiger partial charge on any atom is 0.272 e. The summed E-state index contributed by atoms with van der Waals surface area (Å²) in [5, 5.41) is 14.0. The number of halogens is 4. The number of amides is 2. The van der Waals surface area contributed by atoms with Crippen LogP contribution in [-0.2, 0) is 21.4 Å². The van der Waals surface area contributed by atoms with Crippen LogP contribution < -0.4 is 11.1 Å². The van der Waals surface area contributed by atoms with E-state index in [0.29, 0.717) is 23.8 Å². The Bertz CT molecular complexity index is 1400. The van der Waals surface area contributed by atoms with E-state index in [9.17, 15) is 27.2 Å². The number of carbonyl (C=O) groups is 2. The molecule has 3 N–H and O–H groups in total. The van der Waals surface area contributed by atoms with Gasteiger partial charge in [0.1, 0.15) is 5.69 Å². The first-order valence-corrected chi connectivity index (χ1v) is 13.0. The van der Waals surface area contributed by atoms with E-state index in [1.807, 2.05) is 0 Å². The van der Waals surface area contributed by atoms with Crippen LogP contribution in [0.25, 0.3) is 5.65 Å². The van der Waals surface area contributed by atoms with Crippen molar-refractivity contribution < 1.29 is 36.5 Å². The van der Waals surface area contributed by atoms with Gasteiger partial charge in [-0.25, -0.2) is 31.7 Å². The largest absolute Gasteiger partial charge is 0.381 e. The molecule has 1 saturated carbocycles. The van der Waals surface area contributed by atoms with E-state index in [2.05, 4.69) is 30.3 Å². The minimum Gasteiger partial charge on any atom is -0.381 e. The second-order valence-corrected chi connectivity index (χ2v) is 10.7. The fraction of sp³-hybridized carbons (Fsp3) is 0.600. The topological polar surface area (TPSA) is 151 Å². The highest BCUT2D eigenvalue weighted by Crippen LogP contribution is 2.49. The van der Waals surface area contributed by atoms with Gasteiger partial charge < -0.3 is 15.8 Å². The number of nitrogens with zero attached hydrogens (tertiary/aromatic N) is 5. The maximum absolute atomic E-state index is 14.0. The second kappa shape index (κ2) is 10.4. The molecule has 2 amide bonds. The molecule has 0 radical (unpaired) electrons. The predicted molar refractivity (Wildman–Crippen MR) is 130 cm³/mol. The van der Waals surface area contributed by atoms with Gasteiger partial charge in [0.05, 0.1) is 36.7 Å². The minimum atomic E-state index is -3.15. The smallest absolute Gasteiger partial charge is 0.272 e. The summed E-state index contributed by atoms with van der Waals surface area (Å²) < 4.78 is 67.3. The van der Waals surface area contributed by atoms with E-state index in [1.165, 1.54) is 10.7 Å². The molecule has 2 fully saturated rings. The van der Waals surface area contributed by atoms with Crippen LogP contribution in [0.15, 0.2) is 23.1 Å². The summed E-state index contributed by atoms with van der Waals surface area (Å²) in [6.45, 7) is 0.126. The number of alkyl halides is 4. The van der Waals surface area contributed by atoms with Crippen molar-refractivity contribution in [1.82, 2.24) is 30.2 Å². The lowest BCUT2D eigenvalue weighted by atomic mass is 9.60. The highest BCUT2D eigenvalue weighted by Gasteiger charge is 2.54. The van der Waals surface area contributed by atoms with Gasteiger partial charge in [0.15, 0.2) is 11.3 Å². The van der Waals surface area contributed by atoms with Crippen molar-refractivity contribution in [3.63, 3.8) is 0 Å². The van der Waals surface area contributed by atoms with Gasteiger partial charge in [0, 0.05) is 38.7 Å². The van der Waals surface area contributed by atoms with Crippen molar-refractivity contribution in [2.45, 2.75) is 62.7 Å². The average Bonchev–Trinajstić information content (AvgIpc) is 3.53. The summed E-state index contributed by atoms with van der Waals surface area (Å²) in [4.78, 5) is 29.9. The van der Waals surface area contributed by atoms with E-state index < -0.39 is 41.5 Å². The molecule has 3 aromatic heterocycles. The Morgan fingerprint density at radius 3 is 2.67 bits per heavy atom. The number of aromatic nitrogens is 5. The number of imidazole rings is 1. The van der Waals surface area contributed by atoms with Crippen molar-refractivity contribution >= 4 is 17.5 Å². The fourth-order valence-electron chi connectivity index (χ4n) is 5.88. The average molecular weight is 568 g/mol. The van der Waals surface area contributed by atoms with E-state index in [-0.39, 0.29) is 69.0 Å². The van der Waals surface area contributed by atoms with Crippen molar-refractivity contribution in [2.24, 2.45) is 17.6 Å². The lowest BCUT2D eigenvalue weighted by Crippen LogP contribution is -2.57. The van der Waals surface area contributed by atoms with Gasteiger partial charge >= 0.3 is 0 Å². The summed E-state index contributed by atoms with van der Waals surface area (Å²) in [7, 11) is 0. The first-order valence-electron chi connectivity index (χ1n) is 13.0. The van der Waals surface area contributed by atoms with Gasteiger partial charge in [-0.2, -0.15) is 5.10 Å². The zero-order chi connectivity index (χ0) is 28.7. The van der Waals surface area contributed by atoms with E-state index >= 15 is 0 Å². The monoisotopic (exact) mass is 567 g/mol. The zero-order valence-corrected chi connectivity index (χ0v) is 21.7. The molecular weight excluding hydrogens is 538 g/mol. The third-order valence-corrected chi connectivity index (χ3v) is 7.89. The molecular formula is C25H29F4N7O4. The molecule has 0 spiro atoms. The molecule has 0 aromatic carbocycles. The molecule has 1 aliphatic heterocycles. The molecule has 0 bridgehead atoms. The number of fused-ring (bicyclic) bond motifs is 1. The highest BCUT2D eigenvalue weighted by molar-refractivity contribution is 5.91. The fourth-order valence-corrected chi connectivity index (χ4v) is 5.88. The lowest BCUT2D eigenvalue weighted by Gasteiger charge is -2.47. The molecule has 1 saturated heterocycles. The molecule has 11 nitrogen and oxygen atoms in total. The molecule has 2 atom stereocenters. The molecule has 1 aliphatic carbocycles. The number of ether oxygens (including phenoxy) is 1. The number of nitrogens with one attached hydrogen (secondary N) is 1. The maximum atomic E-state index is 14.0. The SMILES string of the molecule is CC(F)(F)CNC(=O)C1(c2cnn3cc(Cc4nonc4C(N)=O)nc3c2)CCOCC1C1CCC(F)(F)CC1. The van der Waals surface area contributed by atoms with Crippen molar-refractivity contribution in [3.05, 3.63) is 41.1 Å². The Kier molecular flexibility index (Phi) is 7.27. The Labute approximate surface area is 225 Å². The first-order chi connectivity index (χ1) is 18.9. The van der Waals surface area contributed by atoms with Gasteiger partial charge in [-0.15, -0.1) is 0 Å². The minimum absolute atomic E-state index is 0.0599. The number of rotatable bonds is 8. The van der Waals surface area contributed by atoms with Crippen LogP contribution in [0.4, 0.5) is 17.6 Å². The van der Waals surface area contributed by atoms with Crippen LogP contribution in [0.3, 0.4) is 0 Å². The molecule has 216 valence electrons. The van der Waals surface area contributed by atoms with Gasteiger partial charge in [-0.3, -0.25) is 9.59 Å².